The number of hydrogen-bond donors (Lipinski definition) is 2. The first-order valence-corrected chi connectivity index (χ1v) is 11.9. The minimum Gasteiger partial charge on any atom is -0.480 e. The topological polar surface area (TPSA) is 75.6 Å². The highest BCUT2D eigenvalue weighted by molar-refractivity contribution is 5.85. The number of benzene rings is 3. The van der Waals surface area contributed by atoms with E-state index in [-0.39, 0.29) is 12.5 Å². The van der Waals surface area contributed by atoms with Gasteiger partial charge in [-0.15, -0.1) is 0 Å². The third-order valence-electron chi connectivity index (χ3n) is 7.48. The maximum atomic E-state index is 12.8. The molecule has 5 nitrogen and oxygen atoms in total. The van der Waals surface area contributed by atoms with Crippen molar-refractivity contribution < 1.29 is 19.4 Å². The molecule has 2 aliphatic rings. The SMILES string of the molecule is Cc1ccc([C@H]2CC[C@](NC(=O)OCC3c4ccccc4-c4ccccc43)(C(=O)O)CC2)cc1. The first-order chi connectivity index (χ1) is 16.5. The molecule has 5 heteroatoms. The highest BCUT2D eigenvalue weighted by atomic mass is 16.5. The van der Waals surface area contributed by atoms with Gasteiger partial charge in [0, 0.05) is 5.92 Å². The first-order valence-electron chi connectivity index (χ1n) is 11.9. The molecule has 1 fully saturated rings. The predicted molar refractivity (Wildman–Crippen MR) is 131 cm³/mol. The summed E-state index contributed by atoms with van der Waals surface area (Å²) in [6, 6.07) is 24.7. The molecule has 1 amide bonds. The average Bonchev–Trinajstić information content (AvgIpc) is 3.17. The lowest BCUT2D eigenvalue weighted by Crippen LogP contribution is -2.56. The number of fused-ring (bicyclic) bond motifs is 3. The Kier molecular flexibility index (Phi) is 5.86. The summed E-state index contributed by atoms with van der Waals surface area (Å²) in [4.78, 5) is 25.0. The van der Waals surface area contributed by atoms with Gasteiger partial charge in [0.1, 0.15) is 12.1 Å². The maximum absolute atomic E-state index is 12.8. The zero-order valence-electron chi connectivity index (χ0n) is 19.3. The van der Waals surface area contributed by atoms with Crippen LogP contribution in [0.1, 0.15) is 59.8 Å². The largest absolute Gasteiger partial charge is 0.480 e. The Morgan fingerprint density at radius 3 is 2.03 bits per heavy atom. The number of carbonyl (C=O) groups excluding carboxylic acids is 1. The standard InChI is InChI=1S/C29H29NO4/c1-19-10-12-20(13-11-19)21-14-16-29(17-15-21,27(31)32)30-28(33)34-18-26-24-8-4-2-6-22(24)23-7-3-5-9-25(23)26/h2-13,21,26H,14-18H2,1H3,(H,30,33)(H,31,32)/t21-,29+. The van der Waals surface area contributed by atoms with Gasteiger partial charge in [-0.05, 0) is 66.3 Å². The van der Waals surface area contributed by atoms with E-state index in [0.717, 1.165) is 22.3 Å². The number of aryl methyl sites for hydroxylation is 1. The second kappa shape index (κ2) is 8.98. The Balaban J connectivity index is 1.25. The molecular formula is C29H29NO4. The summed E-state index contributed by atoms with van der Waals surface area (Å²) < 4.78 is 5.63. The minimum atomic E-state index is -1.29. The molecule has 0 unspecified atom stereocenters. The van der Waals surface area contributed by atoms with E-state index in [0.29, 0.717) is 31.6 Å². The van der Waals surface area contributed by atoms with Crippen LogP contribution in [0.25, 0.3) is 11.1 Å². The zero-order valence-corrected chi connectivity index (χ0v) is 19.3. The van der Waals surface area contributed by atoms with Crippen LogP contribution in [-0.2, 0) is 9.53 Å². The van der Waals surface area contributed by atoms with Crippen LogP contribution in [0.3, 0.4) is 0 Å². The number of nitrogens with one attached hydrogen (secondary N) is 1. The summed E-state index contributed by atoms with van der Waals surface area (Å²) in [5, 5.41) is 12.7. The van der Waals surface area contributed by atoms with Gasteiger partial charge >= 0.3 is 12.1 Å². The molecule has 174 valence electrons. The molecule has 0 spiro atoms. The van der Waals surface area contributed by atoms with E-state index in [4.69, 9.17) is 4.74 Å². The average molecular weight is 456 g/mol. The fraction of sp³-hybridized carbons (Fsp3) is 0.310. The number of carboxylic acid groups (broad SMARTS) is 1. The third-order valence-corrected chi connectivity index (χ3v) is 7.48. The first kappa shape index (κ1) is 22.2. The van der Waals surface area contributed by atoms with Crippen LogP contribution in [-0.4, -0.2) is 29.3 Å². The zero-order chi connectivity index (χ0) is 23.7. The molecule has 2 N–H and O–H groups in total. The van der Waals surface area contributed by atoms with Crippen LogP contribution in [0.15, 0.2) is 72.8 Å². The second-order valence-electron chi connectivity index (χ2n) is 9.52. The number of alkyl carbamates (subject to hydrolysis) is 1. The summed E-state index contributed by atoms with van der Waals surface area (Å²) in [5.74, 6) is -0.753. The molecule has 0 radical (unpaired) electrons. The van der Waals surface area contributed by atoms with Gasteiger partial charge in [0.15, 0.2) is 0 Å². The quantitative estimate of drug-likeness (QED) is 0.494. The number of rotatable bonds is 5. The molecule has 0 atom stereocenters. The van der Waals surface area contributed by atoms with Crippen molar-refractivity contribution in [2.45, 2.75) is 50.0 Å². The molecular weight excluding hydrogens is 426 g/mol. The van der Waals surface area contributed by atoms with Gasteiger partial charge < -0.3 is 15.2 Å². The number of carboxylic acids is 1. The van der Waals surface area contributed by atoms with Crippen LogP contribution in [0, 0.1) is 6.92 Å². The highest BCUT2D eigenvalue weighted by Gasteiger charge is 2.44. The second-order valence-corrected chi connectivity index (χ2v) is 9.52. The van der Waals surface area contributed by atoms with Gasteiger partial charge in [0.05, 0.1) is 0 Å². The van der Waals surface area contributed by atoms with E-state index in [1.807, 2.05) is 24.3 Å². The normalized spacial score (nSPS) is 21.4. The van der Waals surface area contributed by atoms with Crippen molar-refractivity contribution in [3.05, 3.63) is 95.1 Å². The van der Waals surface area contributed by atoms with Crippen LogP contribution < -0.4 is 5.32 Å². The molecule has 0 heterocycles. The molecule has 3 aromatic carbocycles. The number of hydrogen-bond acceptors (Lipinski definition) is 3. The van der Waals surface area contributed by atoms with Crippen LogP contribution in [0.5, 0.6) is 0 Å². The molecule has 5 rings (SSSR count). The lowest BCUT2D eigenvalue weighted by molar-refractivity contribution is -0.146. The summed E-state index contributed by atoms with van der Waals surface area (Å²) in [7, 11) is 0. The van der Waals surface area contributed by atoms with Crippen LogP contribution >= 0.6 is 0 Å². The van der Waals surface area contributed by atoms with Gasteiger partial charge in [-0.2, -0.15) is 0 Å². The van der Waals surface area contributed by atoms with Crippen molar-refractivity contribution >= 4 is 12.1 Å². The summed E-state index contributed by atoms with van der Waals surface area (Å²) in [6.45, 7) is 2.22. The van der Waals surface area contributed by atoms with Crippen molar-refractivity contribution in [2.75, 3.05) is 6.61 Å². The maximum Gasteiger partial charge on any atom is 0.408 e. The fourth-order valence-electron chi connectivity index (χ4n) is 5.50. The monoisotopic (exact) mass is 455 g/mol. The summed E-state index contributed by atoms with van der Waals surface area (Å²) >= 11 is 0. The Hall–Kier alpha value is -3.60. The Morgan fingerprint density at radius 2 is 1.47 bits per heavy atom. The van der Waals surface area contributed by atoms with Gasteiger partial charge in [-0.3, -0.25) is 0 Å². The molecule has 2 aliphatic carbocycles. The molecule has 1 saturated carbocycles. The van der Waals surface area contributed by atoms with E-state index >= 15 is 0 Å². The van der Waals surface area contributed by atoms with Crippen molar-refractivity contribution in [3.63, 3.8) is 0 Å². The van der Waals surface area contributed by atoms with E-state index in [1.54, 1.807) is 0 Å². The summed E-state index contributed by atoms with van der Waals surface area (Å²) in [5.41, 5.74) is 5.71. The number of ether oxygens (including phenoxy) is 1. The molecule has 0 saturated heterocycles. The van der Waals surface area contributed by atoms with Gasteiger partial charge in [0.25, 0.3) is 0 Å². The van der Waals surface area contributed by atoms with Crippen molar-refractivity contribution in [3.8, 4) is 11.1 Å². The van der Waals surface area contributed by atoms with E-state index in [1.165, 1.54) is 11.1 Å². The van der Waals surface area contributed by atoms with Gasteiger partial charge in [-0.25, -0.2) is 9.59 Å². The van der Waals surface area contributed by atoms with Crippen LogP contribution in [0.2, 0.25) is 0 Å². The number of aliphatic carboxylic acids is 1. The smallest absolute Gasteiger partial charge is 0.408 e. The third kappa shape index (κ3) is 4.07. The van der Waals surface area contributed by atoms with E-state index in [9.17, 15) is 14.7 Å². The Bertz CT molecular complexity index is 1160. The Morgan fingerprint density at radius 1 is 0.912 bits per heavy atom. The highest BCUT2D eigenvalue weighted by Crippen LogP contribution is 2.44. The van der Waals surface area contributed by atoms with Crippen molar-refractivity contribution in [2.24, 2.45) is 0 Å². The lowest BCUT2D eigenvalue weighted by atomic mass is 9.74. The lowest BCUT2D eigenvalue weighted by Gasteiger charge is -2.37. The predicted octanol–water partition coefficient (Wildman–Crippen LogP) is 6.01. The molecule has 34 heavy (non-hydrogen) atoms. The minimum absolute atomic E-state index is 0.0591. The molecule has 0 aromatic heterocycles. The Labute approximate surface area is 199 Å². The molecule has 0 aliphatic heterocycles. The van der Waals surface area contributed by atoms with Crippen LogP contribution in [0.4, 0.5) is 4.79 Å². The van der Waals surface area contributed by atoms with Crippen molar-refractivity contribution in [1.82, 2.24) is 5.32 Å². The van der Waals surface area contributed by atoms with Gasteiger partial charge in [-0.1, -0.05) is 78.4 Å². The van der Waals surface area contributed by atoms with Crippen molar-refractivity contribution in [1.29, 1.82) is 0 Å². The summed E-state index contributed by atoms with van der Waals surface area (Å²) in [6.07, 6.45) is 1.51. The molecule has 3 aromatic rings. The number of amides is 1. The van der Waals surface area contributed by atoms with Gasteiger partial charge in [0.2, 0.25) is 0 Å². The van der Waals surface area contributed by atoms with E-state index in [2.05, 4.69) is 60.8 Å². The van der Waals surface area contributed by atoms with E-state index < -0.39 is 17.6 Å². The molecule has 0 bridgehead atoms. The number of carbonyl (C=O) groups is 2. The fourth-order valence-corrected chi connectivity index (χ4v) is 5.50.